The van der Waals surface area contributed by atoms with Gasteiger partial charge < -0.3 is 26.8 Å². The molecule has 0 saturated carbocycles. The van der Waals surface area contributed by atoms with E-state index in [0.717, 1.165) is 31.7 Å². The maximum absolute atomic E-state index is 10.6. The third-order valence-corrected chi connectivity index (χ3v) is 3.30. The fourth-order valence-electron chi connectivity index (χ4n) is 2.10. The van der Waals surface area contributed by atoms with E-state index in [1.54, 1.807) is 12.1 Å². The molecule has 0 aliphatic heterocycles. The average Bonchev–Trinajstić information content (AvgIpc) is 2.54. The van der Waals surface area contributed by atoms with E-state index in [4.69, 9.17) is 10.8 Å². The number of nitro benzene ring substituents is 1. The normalized spacial score (nSPS) is 12.3. The Morgan fingerprint density at radius 1 is 1.04 bits per heavy atom. The van der Waals surface area contributed by atoms with Crippen molar-refractivity contribution in [1.29, 1.82) is 0 Å². The SMILES string of the molecule is NC(CNCCNCCNCCO)Cc1ccc([N+](=O)[O-])cc1. The third kappa shape index (κ3) is 9.22. The molecule has 0 spiro atoms. The highest BCUT2D eigenvalue weighted by atomic mass is 16.6. The highest BCUT2D eigenvalue weighted by molar-refractivity contribution is 5.33. The summed E-state index contributed by atoms with van der Waals surface area (Å²) in [5, 5.41) is 28.8. The van der Waals surface area contributed by atoms with E-state index in [0.29, 0.717) is 19.5 Å². The largest absolute Gasteiger partial charge is 0.395 e. The van der Waals surface area contributed by atoms with E-state index in [2.05, 4.69) is 16.0 Å². The number of hydrogen-bond donors (Lipinski definition) is 5. The molecule has 1 unspecified atom stereocenters. The second-order valence-electron chi connectivity index (χ2n) is 5.32. The molecular weight excluding hydrogens is 298 g/mol. The molecular formula is C15H27N5O3. The van der Waals surface area contributed by atoms with Crippen LogP contribution in [-0.4, -0.2) is 61.9 Å². The summed E-state index contributed by atoms with van der Waals surface area (Å²) in [4.78, 5) is 10.2. The first-order chi connectivity index (χ1) is 11.1. The molecule has 0 aromatic heterocycles. The molecule has 1 aromatic carbocycles. The molecule has 0 fully saturated rings. The van der Waals surface area contributed by atoms with E-state index >= 15 is 0 Å². The summed E-state index contributed by atoms with van der Waals surface area (Å²) in [6, 6.07) is 6.48. The van der Waals surface area contributed by atoms with Crippen molar-refractivity contribution in [3.05, 3.63) is 39.9 Å². The first-order valence-corrected chi connectivity index (χ1v) is 7.85. The van der Waals surface area contributed by atoms with Crippen LogP contribution >= 0.6 is 0 Å². The summed E-state index contributed by atoms with van der Waals surface area (Å²) < 4.78 is 0. The van der Waals surface area contributed by atoms with Gasteiger partial charge in [-0.25, -0.2) is 0 Å². The highest BCUT2D eigenvalue weighted by Gasteiger charge is 2.07. The molecule has 130 valence electrons. The third-order valence-electron chi connectivity index (χ3n) is 3.30. The number of aliphatic hydroxyl groups excluding tert-OH is 1. The molecule has 6 N–H and O–H groups in total. The van der Waals surface area contributed by atoms with Gasteiger partial charge in [-0.05, 0) is 12.0 Å². The number of nitro groups is 1. The molecule has 1 aromatic rings. The number of rotatable bonds is 13. The van der Waals surface area contributed by atoms with Crippen LogP contribution in [-0.2, 0) is 6.42 Å². The van der Waals surface area contributed by atoms with E-state index in [1.165, 1.54) is 12.1 Å². The molecule has 8 nitrogen and oxygen atoms in total. The molecule has 0 amide bonds. The minimum atomic E-state index is -0.405. The quantitative estimate of drug-likeness (QED) is 0.183. The van der Waals surface area contributed by atoms with Gasteiger partial charge in [-0.2, -0.15) is 0 Å². The number of nitrogens with zero attached hydrogens (tertiary/aromatic N) is 1. The monoisotopic (exact) mass is 325 g/mol. The van der Waals surface area contributed by atoms with Gasteiger partial charge in [0.1, 0.15) is 0 Å². The molecule has 23 heavy (non-hydrogen) atoms. The summed E-state index contributed by atoms with van der Waals surface area (Å²) >= 11 is 0. The van der Waals surface area contributed by atoms with Gasteiger partial charge in [0.25, 0.3) is 5.69 Å². The van der Waals surface area contributed by atoms with E-state index < -0.39 is 4.92 Å². The van der Waals surface area contributed by atoms with E-state index in [9.17, 15) is 10.1 Å². The fraction of sp³-hybridized carbons (Fsp3) is 0.600. The molecule has 0 saturated heterocycles. The van der Waals surface area contributed by atoms with Crippen LogP contribution in [0.2, 0.25) is 0 Å². The van der Waals surface area contributed by atoms with Crippen LogP contribution in [0, 0.1) is 10.1 Å². The van der Waals surface area contributed by atoms with Gasteiger partial charge >= 0.3 is 0 Å². The summed E-state index contributed by atoms with van der Waals surface area (Å²) in [6.45, 7) is 4.85. The summed E-state index contributed by atoms with van der Waals surface area (Å²) in [6.07, 6.45) is 0.684. The summed E-state index contributed by atoms with van der Waals surface area (Å²) in [5.41, 5.74) is 7.14. The number of aliphatic hydroxyl groups is 1. The Morgan fingerprint density at radius 3 is 2.17 bits per heavy atom. The topological polar surface area (TPSA) is 125 Å². The van der Waals surface area contributed by atoms with Gasteiger partial charge in [-0.3, -0.25) is 10.1 Å². The minimum Gasteiger partial charge on any atom is -0.395 e. The number of hydrogen-bond acceptors (Lipinski definition) is 7. The Hall–Kier alpha value is -1.58. The number of non-ortho nitro benzene ring substituents is 1. The van der Waals surface area contributed by atoms with Crippen LogP contribution in [0.25, 0.3) is 0 Å². The molecule has 0 radical (unpaired) electrons. The van der Waals surface area contributed by atoms with Gasteiger partial charge in [0, 0.05) is 57.4 Å². The lowest BCUT2D eigenvalue weighted by molar-refractivity contribution is -0.384. The Kier molecular flexibility index (Phi) is 10.1. The lowest BCUT2D eigenvalue weighted by atomic mass is 10.1. The van der Waals surface area contributed by atoms with Crippen LogP contribution in [0.15, 0.2) is 24.3 Å². The molecule has 1 atom stereocenters. The van der Waals surface area contributed by atoms with Gasteiger partial charge in [-0.1, -0.05) is 12.1 Å². The van der Waals surface area contributed by atoms with E-state index in [1.807, 2.05) is 0 Å². The van der Waals surface area contributed by atoms with E-state index in [-0.39, 0.29) is 18.3 Å². The Labute approximate surface area is 136 Å². The van der Waals surface area contributed by atoms with Crippen molar-refractivity contribution in [2.75, 3.05) is 45.9 Å². The van der Waals surface area contributed by atoms with Gasteiger partial charge in [0.2, 0.25) is 0 Å². The maximum atomic E-state index is 10.6. The predicted octanol–water partition coefficient (Wildman–Crippen LogP) is -0.774. The molecule has 0 aliphatic rings. The second-order valence-corrected chi connectivity index (χ2v) is 5.32. The van der Waals surface area contributed by atoms with Crippen molar-refractivity contribution >= 4 is 5.69 Å². The first kappa shape index (κ1) is 19.5. The van der Waals surface area contributed by atoms with Gasteiger partial charge in [0.05, 0.1) is 11.5 Å². The lowest BCUT2D eigenvalue weighted by Gasteiger charge is -2.13. The smallest absolute Gasteiger partial charge is 0.269 e. The number of nitrogens with two attached hydrogens (primary N) is 1. The van der Waals surface area contributed by atoms with Crippen molar-refractivity contribution in [2.45, 2.75) is 12.5 Å². The zero-order chi connectivity index (χ0) is 16.9. The van der Waals surface area contributed by atoms with Crippen LogP contribution in [0.4, 0.5) is 5.69 Å². The first-order valence-electron chi connectivity index (χ1n) is 7.85. The molecule has 0 bridgehead atoms. The molecule has 8 heteroatoms. The number of benzene rings is 1. The Bertz CT molecular complexity index is 441. The van der Waals surface area contributed by atoms with Gasteiger partial charge in [-0.15, -0.1) is 0 Å². The summed E-state index contributed by atoms with van der Waals surface area (Å²) in [7, 11) is 0. The zero-order valence-corrected chi connectivity index (χ0v) is 13.3. The predicted molar refractivity (Wildman–Crippen MR) is 90.5 cm³/mol. The highest BCUT2D eigenvalue weighted by Crippen LogP contribution is 2.12. The molecule has 1 rings (SSSR count). The van der Waals surface area contributed by atoms with Crippen molar-refractivity contribution in [2.24, 2.45) is 5.73 Å². The number of nitrogens with one attached hydrogen (secondary N) is 3. The maximum Gasteiger partial charge on any atom is 0.269 e. The summed E-state index contributed by atoms with van der Waals surface area (Å²) in [5.74, 6) is 0. The minimum absolute atomic E-state index is 0.0253. The van der Waals surface area contributed by atoms with Crippen molar-refractivity contribution in [1.82, 2.24) is 16.0 Å². The van der Waals surface area contributed by atoms with Crippen LogP contribution in [0.1, 0.15) is 5.56 Å². The van der Waals surface area contributed by atoms with Crippen molar-refractivity contribution < 1.29 is 10.0 Å². The average molecular weight is 325 g/mol. The standard InChI is InChI=1S/C15H27N5O3/c16-14(11-13-1-3-15(4-2-13)20(22)23)12-19-8-7-17-5-6-18-9-10-21/h1-4,14,17-19,21H,5-12,16H2. The molecule has 0 heterocycles. The van der Waals surface area contributed by atoms with Crippen LogP contribution < -0.4 is 21.7 Å². The zero-order valence-electron chi connectivity index (χ0n) is 13.3. The molecule has 0 aliphatic carbocycles. The lowest BCUT2D eigenvalue weighted by Crippen LogP contribution is -2.39. The fourth-order valence-corrected chi connectivity index (χ4v) is 2.10. The van der Waals surface area contributed by atoms with Crippen molar-refractivity contribution in [3.8, 4) is 0 Å². The van der Waals surface area contributed by atoms with Crippen molar-refractivity contribution in [3.63, 3.8) is 0 Å². The van der Waals surface area contributed by atoms with Crippen LogP contribution in [0.5, 0.6) is 0 Å². The Morgan fingerprint density at radius 2 is 1.61 bits per heavy atom. The van der Waals surface area contributed by atoms with Crippen LogP contribution in [0.3, 0.4) is 0 Å². The Balaban J connectivity index is 2.06. The second kappa shape index (κ2) is 11.9. The van der Waals surface area contributed by atoms with Gasteiger partial charge in [0.15, 0.2) is 0 Å².